The van der Waals surface area contributed by atoms with E-state index in [9.17, 15) is 13.2 Å². The lowest BCUT2D eigenvalue weighted by molar-refractivity contribution is 0.543. The van der Waals surface area contributed by atoms with E-state index in [0.717, 1.165) is 4.68 Å². The molecule has 1 aromatic heterocycles. The topological polar surface area (TPSA) is 69.0 Å². The maximum Gasteiger partial charge on any atom is 0.287 e. The van der Waals surface area contributed by atoms with Crippen LogP contribution in [0.25, 0.3) is 0 Å². The molecule has 0 saturated heterocycles. The molecule has 5 nitrogen and oxygen atoms in total. The van der Waals surface area contributed by atoms with Crippen molar-refractivity contribution >= 4 is 33.0 Å². The Balaban J connectivity index is 2.97. The Hall–Kier alpha value is -0.590. The van der Waals surface area contributed by atoms with Crippen LogP contribution in [-0.4, -0.2) is 28.7 Å². The molecule has 0 saturated carbocycles. The van der Waals surface area contributed by atoms with Gasteiger partial charge in [-0.15, -0.1) is 0 Å². The van der Waals surface area contributed by atoms with Crippen molar-refractivity contribution in [1.29, 1.82) is 0 Å². The fourth-order valence-electron chi connectivity index (χ4n) is 1.12. The summed E-state index contributed by atoms with van der Waals surface area (Å²) in [4.78, 5) is 11.6. The number of nitrogens with zero attached hydrogens (tertiary/aromatic N) is 2. The second-order valence-electron chi connectivity index (χ2n) is 4.77. The van der Waals surface area contributed by atoms with Gasteiger partial charge in [0.1, 0.15) is 5.02 Å². The molecule has 1 aromatic rings. The van der Waals surface area contributed by atoms with Crippen LogP contribution in [-0.2, 0) is 16.4 Å². The number of sulfone groups is 1. The van der Waals surface area contributed by atoms with Crippen LogP contribution < -0.4 is 5.56 Å². The third-order valence-electron chi connectivity index (χ3n) is 2.45. The average molecular weight is 313 g/mol. The molecule has 18 heavy (non-hydrogen) atoms. The summed E-state index contributed by atoms with van der Waals surface area (Å²) in [6.07, 6.45) is 1.22. The molecular formula is C10H14Cl2N2O3S. The Bertz CT molecular complexity index is 603. The number of rotatable bonds is 3. The molecule has 0 atom stereocenters. The molecule has 0 N–H and O–H groups in total. The molecule has 0 fully saturated rings. The molecule has 8 heteroatoms. The zero-order valence-electron chi connectivity index (χ0n) is 10.3. The standard InChI is InChI=1S/C10H14Cl2N2O3S/c1-10(2,3)18(16,17)5-4-14-9(15)8(12)7(11)6-13-14/h6H,4-5H2,1-3H3. The summed E-state index contributed by atoms with van der Waals surface area (Å²) >= 11 is 11.3. The highest BCUT2D eigenvalue weighted by Crippen LogP contribution is 2.17. The quantitative estimate of drug-likeness (QED) is 0.853. The fraction of sp³-hybridized carbons (Fsp3) is 0.600. The van der Waals surface area contributed by atoms with Gasteiger partial charge in [0.2, 0.25) is 0 Å². The van der Waals surface area contributed by atoms with Gasteiger partial charge >= 0.3 is 0 Å². The van der Waals surface area contributed by atoms with Gasteiger partial charge in [0, 0.05) is 0 Å². The van der Waals surface area contributed by atoms with Gasteiger partial charge in [-0.2, -0.15) is 5.10 Å². The van der Waals surface area contributed by atoms with Crippen molar-refractivity contribution in [1.82, 2.24) is 9.78 Å². The second-order valence-corrected chi connectivity index (χ2v) is 8.41. The number of hydrogen-bond acceptors (Lipinski definition) is 4. The Morgan fingerprint density at radius 1 is 1.33 bits per heavy atom. The van der Waals surface area contributed by atoms with Gasteiger partial charge in [0.15, 0.2) is 9.84 Å². The highest BCUT2D eigenvalue weighted by molar-refractivity contribution is 7.92. The lowest BCUT2D eigenvalue weighted by Gasteiger charge is -2.19. The predicted molar refractivity (Wildman–Crippen MR) is 72.1 cm³/mol. The van der Waals surface area contributed by atoms with E-state index >= 15 is 0 Å². The smallest absolute Gasteiger partial charge is 0.266 e. The summed E-state index contributed by atoms with van der Waals surface area (Å²) < 4.78 is 23.9. The van der Waals surface area contributed by atoms with E-state index in [2.05, 4.69) is 5.10 Å². The van der Waals surface area contributed by atoms with Gasteiger partial charge in [-0.3, -0.25) is 4.79 Å². The SMILES string of the molecule is CC(C)(C)S(=O)(=O)CCn1ncc(Cl)c(Cl)c1=O. The predicted octanol–water partition coefficient (Wildman–Crippen LogP) is 1.76. The number of aryl methyl sites for hydroxylation is 1. The average Bonchev–Trinajstić information content (AvgIpc) is 2.23. The third kappa shape index (κ3) is 3.24. The molecule has 0 amide bonds. The number of halogens is 2. The van der Waals surface area contributed by atoms with E-state index in [1.54, 1.807) is 20.8 Å². The molecular weight excluding hydrogens is 299 g/mol. The molecule has 0 spiro atoms. The van der Waals surface area contributed by atoms with E-state index in [1.807, 2.05) is 0 Å². The fourth-order valence-corrected chi connectivity index (χ4v) is 2.41. The van der Waals surface area contributed by atoms with Gasteiger partial charge in [-0.05, 0) is 20.8 Å². The van der Waals surface area contributed by atoms with Crippen LogP contribution in [0.1, 0.15) is 20.8 Å². The zero-order valence-corrected chi connectivity index (χ0v) is 12.6. The first-order chi connectivity index (χ1) is 8.06. The number of hydrogen-bond donors (Lipinski definition) is 0. The highest BCUT2D eigenvalue weighted by atomic mass is 35.5. The molecule has 0 aliphatic heterocycles. The normalized spacial score (nSPS) is 12.7. The van der Waals surface area contributed by atoms with E-state index < -0.39 is 20.1 Å². The highest BCUT2D eigenvalue weighted by Gasteiger charge is 2.28. The minimum atomic E-state index is -3.31. The summed E-state index contributed by atoms with van der Waals surface area (Å²) in [5.41, 5.74) is -0.590. The molecule has 0 aliphatic carbocycles. The molecule has 1 heterocycles. The Labute approximate surface area is 116 Å². The first-order valence-corrected chi connectivity index (χ1v) is 7.60. The van der Waals surface area contributed by atoms with Crippen LogP contribution in [0, 0.1) is 0 Å². The van der Waals surface area contributed by atoms with Crippen molar-refractivity contribution in [2.24, 2.45) is 0 Å². The van der Waals surface area contributed by atoms with Crippen molar-refractivity contribution in [3.8, 4) is 0 Å². The zero-order chi connectivity index (χ0) is 14.1. The van der Waals surface area contributed by atoms with Crippen LogP contribution in [0.15, 0.2) is 11.0 Å². The van der Waals surface area contributed by atoms with Crippen molar-refractivity contribution in [3.63, 3.8) is 0 Å². The van der Waals surface area contributed by atoms with Gasteiger partial charge in [-0.25, -0.2) is 13.1 Å². The molecule has 0 radical (unpaired) electrons. The monoisotopic (exact) mass is 312 g/mol. The van der Waals surface area contributed by atoms with Crippen LogP contribution >= 0.6 is 23.2 Å². The van der Waals surface area contributed by atoms with E-state index in [1.165, 1.54) is 6.20 Å². The van der Waals surface area contributed by atoms with E-state index in [0.29, 0.717) is 0 Å². The first kappa shape index (κ1) is 15.5. The Morgan fingerprint density at radius 2 is 1.89 bits per heavy atom. The van der Waals surface area contributed by atoms with Crippen molar-refractivity contribution in [2.75, 3.05) is 5.75 Å². The van der Waals surface area contributed by atoms with E-state index in [-0.39, 0.29) is 22.3 Å². The second kappa shape index (κ2) is 5.19. The van der Waals surface area contributed by atoms with Crippen molar-refractivity contribution in [3.05, 3.63) is 26.6 Å². The Kier molecular flexibility index (Phi) is 4.46. The van der Waals surface area contributed by atoms with Crippen molar-refractivity contribution < 1.29 is 8.42 Å². The van der Waals surface area contributed by atoms with Crippen LogP contribution in [0.5, 0.6) is 0 Å². The lowest BCUT2D eigenvalue weighted by Crippen LogP contribution is -2.34. The third-order valence-corrected chi connectivity index (χ3v) is 5.78. The minimum Gasteiger partial charge on any atom is -0.266 e. The number of aromatic nitrogens is 2. The van der Waals surface area contributed by atoms with Crippen LogP contribution in [0.4, 0.5) is 0 Å². The van der Waals surface area contributed by atoms with Crippen LogP contribution in [0.3, 0.4) is 0 Å². The minimum absolute atomic E-state index is 0.0463. The summed E-state index contributed by atoms with van der Waals surface area (Å²) in [6.45, 7) is 4.77. The molecule has 1 rings (SSSR count). The van der Waals surface area contributed by atoms with Gasteiger partial charge in [0.05, 0.1) is 28.3 Å². The summed E-state index contributed by atoms with van der Waals surface area (Å²) in [6, 6.07) is 0. The maximum atomic E-state index is 11.9. The summed E-state index contributed by atoms with van der Waals surface area (Å²) in [7, 11) is -3.31. The van der Waals surface area contributed by atoms with Crippen LogP contribution in [0.2, 0.25) is 10.0 Å². The Morgan fingerprint density at radius 3 is 2.39 bits per heavy atom. The molecule has 0 aliphatic rings. The first-order valence-electron chi connectivity index (χ1n) is 5.19. The lowest BCUT2D eigenvalue weighted by atomic mass is 10.3. The molecule has 0 unspecified atom stereocenters. The van der Waals surface area contributed by atoms with Gasteiger partial charge in [0.25, 0.3) is 5.56 Å². The molecule has 0 aromatic carbocycles. The van der Waals surface area contributed by atoms with E-state index in [4.69, 9.17) is 23.2 Å². The molecule has 102 valence electrons. The van der Waals surface area contributed by atoms with Gasteiger partial charge in [-0.1, -0.05) is 23.2 Å². The summed E-state index contributed by atoms with van der Waals surface area (Å²) in [5, 5.41) is 3.65. The van der Waals surface area contributed by atoms with Gasteiger partial charge < -0.3 is 0 Å². The largest absolute Gasteiger partial charge is 0.287 e. The summed E-state index contributed by atoms with van der Waals surface area (Å²) in [5.74, 6) is -0.179. The van der Waals surface area contributed by atoms with Crippen molar-refractivity contribution in [2.45, 2.75) is 32.1 Å². The maximum absolute atomic E-state index is 11.9. The molecule has 0 bridgehead atoms.